The quantitative estimate of drug-likeness (QED) is 0.887. The Bertz CT molecular complexity index is 549. The van der Waals surface area contributed by atoms with Crippen molar-refractivity contribution in [2.24, 2.45) is 0 Å². The van der Waals surface area contributed by atoms with Gasteiger partial charge in [-0.05, 0) is 43.2 Å². The number of halogens is 1. The van der Waals surface area contributed by atoms with E-state index in [2.05, 4.69) is 10.3 Å². The number of anilines is 1. The molecule has 18 heavy (non-hydrogen) atoms. The maximum Gasteiger partial charge on any atom is 0.134 e. The normalized spacial score (nSPS) is 10.4. The molecule has 1 heterocycles. The van der Waals surface area contributed by atoms with E-state index in [1.165, 1.54) is 0 Å². The van der Waals surface area contributed by atoms with Crippen molar-refractivity contribution in [1.82, 2.24) is 4.98 Å². The van der Waals surface area contributed by atoms with Crippen molar-refractivity contribution < 1.29 is 5.11 Å². The number of nitrogens with one attached hydrogen (secondary N) is 1. The van der Waals surface area contributed by atoms with E-state index in [1.54, 1.807) is 18.3 Å². The first kappa shape index (κ1) is 12.7. The first-order valence-corrected chi connectivity index (χ1v) is 6.09. The summed E-state index contributed by atoms with van der Waals surface area (Å²) >= 11 is 5.87. The van der Waals surface area contributed by atoms with Gasteiger partial charge in [-0.1, -0.05) is 17.7 Å². The average Bonchev–Trinajstić information content (AvgIpc) is 2.33. The molecule has 0 spiro atoms. The van der Waals surface area contributed by atoms with E-state index >= 15 is 0 Å². The second-order valence-electron chi connectivity index (χ2n) is 4.23. The van der Waals surface area contributed by atoms with Gasteiger partial charge in [0, 0.05) is 12.7 Å². The van der Waals surface area contributed by atoms with Gasteiger partial charge in [-0.2, -0.15) is 0 Å². The minimum Gasteiger partial charge on any atom is -0.506 e. The predicted octanol–water partition coefficient (Wildman–Crippen LogP) is 3.67. The minimum absolute atomic E-state index is 0.106. The summed E-state index contributed by atoms with van der Waals surface area (Å²) in [6.07, 6.45) is 1.80. The number of aromatic hydroxyl groups is 1. The zero-order valence-electron chi connectivity index (χ0n) is 10.4. The lowest BCUT2D eigenvalue weighted by Gasteiger charge is -2.12. The van der Waals surface area contributed by atoms with E-state index in [9.17, 15) is 5.11 Å². The van der Waals surface area contributed by atoms with Crippen LogP contribution in [0.25, 0.3) is 0 Å². The van der Waals surface area contributed by atoms with Crippen LogP contribution in [0.1, 0.15) is 16.8 Å². The van der Waals surface area contributed by atoms with Gasteiger partial charge in [0.2, 0.25) is 0 Å². The number of hydrogen-bond donors (Lipinski definition) is 2. The number of rotatable bonds is 3. The molecule has 0 aliphatic carbocycles. The topological polar surface area (TPSA) is 45.2 Å². The summed E-state index contributed by atoms with van der Waals surface area (Å²) in [4.78, 5) is 4.26. The van der Waals surface area contributed by atoms with Crippen molar-refractivity contribution in [3.63, 3.8) is 0 Å². The van der Waals surface area contributed by atoms with Crippen LogP contribution in [0.4, 0.5) is 5.69 Å². The van der Waals surface area contributed by atoms with Crippen LogP contribution in [0.15, 0.2) is 30.5 Å². The van der Waals surface area contributed by atoms with Crippen LogP contribution in [-0.2, 0) is 6.54 Å². The molecule has 0 saturated heterocycles. The molecular weight excluding hydrogens is 248 g/mol. The Morgan fingerprint density at radius 2 is 2.06 bits per heavy atom. The first-order chi connectivity index (χ1) is 8.58. The number of aryl methyl sites for hydroxylation is 2. The van der Waals surface area contributed by atoms with Gasteiger partial charge >= 0.3 is 0 Å². The number of phenolic OH excluding ortho intramolecular Hbond substituents is 1. The van der Waals surface area contributed by atoms with E-state index in [0.29, 0.717) is 11.6 Å². The van der Waals surface area contributed by atoms with Crippen LogP contribution in [0.3, 0.4) is 0 Å². The molecule has 0 aliphatic heterocycles. The first-order valence-electron chi connectivity index (χ1n) is 5.71. The average molecular weight is 263 g/mol. The number of pyridine rings is 1. The van der Waals surface area contributed by atoms with Crippen molar-refractivity contribution in [3.8, 4) is 5.75 Å². The van der Waals surface area contributed by atoms with E-state index < -0.39 is 0 Å². The van der Waals surface area contributed by atoms with Crippen molar-refractivity contribution in [3.05, 3.63) is 52.3 Å². The van der Waals surface area contributed by atoms with Crippen LogP contribution in [0, 0.1) is 13.8 Å². The third-order valence-electron chi connectivity index (χ3n) is 2.83. The van der Waals surface area contributed by atoms with Gasteiger partial charge in [0.15, 0.2) is 0 Å². The zero-order valence-corrected chi connectivity index (χ0v) is 11.1. The van der Waals surface area contributed by atoms with Crippen LogP contribution < -0.4 is 5.32 Å². The minimum atomic E-state index is 0.106. The van der Waals surface area contributed by atoms with Gasteiger partial charge in [-0.25, -0.2) is 0 Å². The third kappa shape index (κ3) is 2.74. The molecule has 0 saturated carbocycles. The van der Waals surface area contributed by atoms with Crippen molar-refractivity contribution >= 4 is 17.3 Å². The van der Waals surface area contributed by atoms with Gasteiger partial charge in [0.25, 0.3) is 0 Å². The number of nitrogens with zero attached hydrogens (tertiary/aromatic N) is 1. The summed E-state index contributed by atoms with van der Waals surface area (Å²) in [6, 6.07) is 7.17. The molecule has 0 unspecified atom stereocenters. The molecule has 2 N–H and O–H groups in total. The number of benzene rings is 1. The second-order valence-corrected chi connectivity index (χ2v) is 4.63. The molecule has 0 bridgehead atoms. The molecule has 0 fully saturated rings. The Kier molecular flexibility index (Phi) is 3.72. The van der Waals surface area contributed by atoms with Crippen LogP contribution in [0.2, 0.25) is 5.02 Å². The van der Waals surface area contributed by atoms with Gasteiger partial charge in [-0.3, -0.25) is 4.98 Å². The Morgan fingerprint density at radius 3 is 2.72 bits per heavy atom. The summed E-state index contributed by atoms with van der Waals surface area (Å²) < 4.78 is 0. The zero-order chi connectivity index (χ0) is 13.1. The fourth-order valence-corrected chi connectivity index (χ4v) is 2.02. The summed E-state index contributed by atoms with van der Waals surface area (Å²) in [5, 5.41) is 13.1. The van der Waals surface area contributed by atoms with Crippen LogP contribution in [0.5, 0.6) is 5.75 Å². The summed E-state index contributed by atoms with van der Waals surface area (Å²) in [7, 11) is 0. The fraction of sp³-hybridized carbons (Fsp3) is 0.214. The lowest BCUT2D eigenvalue weighted by Crippen LogP contribution is -2.03. The standard InChI is InChI=1S/C14H15ClN2O/c1-9-5-6-16-10(2)14(9)17-8-11-3-4-13(18)12(15)7-11/h3-7,17-18H,8H2,1-2H3. The maximum atomic E-state index is 9.35. The highest BCUT2D eigenvalue weighted by atomic mass is 35.5. The lowest BCUT2D eigenvalue weighted by atomic mass is 10.1. The molecule has 2 aromatic rings. The summed E-state index contributed by atoms with van der Waals surface area (Å²) in [6.45, 7) is 4.66. The second kappa shape index (κ2) is 5.27. The third-order valence-corrected chi connectivity index (χ3v) is 3.13. The van der Waals surface area contributed by atoms with E-state index in [-0.39, 0.29) is 5.75 Å². The molecule has 4 heteroatoms. The summed E-state index contributed by atoms with van der Waals surface area (Å²) in [5.41, 5.74) is 4.19. The molecule has 0 amide bonds. The van der Waals surface area contributed by atoms with Crippen LogP contribution >= 0.6 is 11.6 Å². The molecule has 1 aromatic carbocycles. The molecule has 0 aliphatic rings. The highest BCUT2D eigenvalue weighted by Crippen LogP contribution is 2.24. The monoisotopic (exact) mass is 262 g/mol. The van der Waals surface area contributed by atoms with Crippen molar-refractivity contribution in [1.29, 1.82) is 0 Å². The SMILES string of the molecule is Cc1ccnc(C)c1NCc1ccc(O)c(Cl)c1. The number of aromatic nitrogens is 1. The van der Waals surface area contributed by atoms with E-state index in [1.807, 2.05) is 26.0 Å². The molecule has 2 rings (SSSR count). The largest absolute Gasteiger partial charge is 0.506 e. The molecular formula is C14H15ClN2O. The Hall–Kier alpha value is -1.74. The van der Waals surface area contributed by atoms with Gasteiger partial charge in [-0.15, -0.1) is 0 Å². The van der Waals surface area contributed by atoms with Crippen molar-refractivity contribution in [2.45, 2.75) is 20.4 Å². The van der Waals surface area contributed by atoms with E-state index in [0.717, 1.165) is 22.5 Å². The number of hydrogen-bond acceptors (Lipinski definition) is 3. The molecule has 0 radical (unpaired) electrons. The maximum absolute atomic E-state index is 9.35. The molecule has 1 aromatic heterocycles. The lowest BCUT2D eigenvalue weighted by molar-refractivity contribution is 0.475. The Balaban J connectivity index is 2.14. The highest BCUT2D eigenvalue weighted by molar-refractivity contribution is 6.32. The summed E-state index contributed by atoms with van der Waals surface area (Å²) in [5.74, 6) is 0.106. The Labute approximate surface area is 111 Å². The molecule has 0 atom stereocenters. The predicted molar refractivity (Wildman–Crippen MR) is 74.2 cm³/mol. The van der Waals surface area contributed by atoms with Gasteiger partial charge < -0.3 is 10.4 Å². The molecule has 3 nitrogen and oxygen atoms in total. The Morgan fingerprint density at radius 1 is 1.28 bits per heavy atom. The smallest absolute Gasteiger partial charge is 0.134 e. The molecule has 94 valence electrons. The number of phenols is 1. The van der Waals surface area contributed by atoms with E-state index in [4.69, 9.17) is 11.6 Å². The van der Waals surface area contributed by atoms with Crippen molar-refractivity contribution in [2.75, 3.05) is 5.32 Å². The fourth-order valence-electron chi connectivity index (χ4n) is 1.81. The highest BCUT2D eigenvalue weighted by Gasteiger charge is 2.04. The van der Waals surface area contributed by atoms with Gasteiger partial charge in [0.1, 0.15) is 5.75 Å². The van der Waals surface area contributed by atoms with Gasteiger partial charge in [0.05, 0.1) is 16.4 Å². The van der Waals surface area contributed by atoms with Crippen LogP contribution in [-0.4, -0.2) is 10.1 Å².